The fourth-order valence-electron chi connectivity index (χ4n) is 9.25. The standard InChI is InChI=1S/C37H36N6O3S/c44-35(41-37-39-31-6-1-2-7-32(31)47-37)28-5-3-4-23-10-11-42(19-30(23)28)33-9-8-27(34(40-33)36(45)46)26-17-38-43(18-26)20-29-24-13-21-12-22(15-24)16-25(29)14-21/h1-9,17-18,21-22,24-25,29H,10-16,19-20H2,(H,45,46)(H,39,41,44). The van der Waals surface area contributed by atoms with Crippen molar-refractivity contribution >= 4 is 44.4 Å². The topological polar surface area (TPSA) is 113 Å². The highest BCUT2D eigenvalue weighted by molar-refractivity contribution is 7.22. The normalized spacial score (nSPS) is 24.4. The van der Waals surface area contributed by atoms with Crippen LogP contribution >= 0.6 is 11.3 Å². The lowest BCUT2D eigenvalue weighted by molar-refractivity contribution is -0.0442. The monoisotopic (exact) mass is 644 g/mol. The number of aromatic carboxylic acids is 1. The predicted octanol–water partition coefficient (Wildman–Crippen LogP) is 7.14. The molecule has 10 heteroatoms. The number of anilines is 2. The molecule has 5 aliphatic rings. The maximum absolute atomic E-state index is 13.5. The molecule has 238 valence electrons. The van der Waals surface area contributed by atoms with Crippen LogP contribution in [0.5, 0.6) is 0 Å². The summed E-state index contributed by atoms with van der Waals surface area (Å²) < 4.78 is 3.05. The van der Waals surface area contributed by atoms with Gasteiger partial charge in [0.05, 0.1) is 16.4 Å². The summed E-state index contributed by atoms with van der Waals surface area (Å²) in [6.07, 6.45) is 11.4. The van der Waals surface area contributed by atoms with Crippen LogP contribution in [0.2, 0.25) is 0 Å². The molecule has 3 aromatic heterocycles. The summed E-state index contributed by atoms with van der Waals surface area (Å²) in [5.41, 5.74) is 4.85. The second-order valence-electron chi connectivity index (χ2n) is 14.0. The number of hydrogen-bond acceptors (Lipinski definition) is 7. The van der Waals surface area contributed by atoms with Crippen molar-refractivity contribution in [3.8, 4) is 11.1 Å². The third kappa shape index (κ3) is 5.19. The van der Waals surface area contributed by atoms with Crippen LogP contribution in [0.4, 0.5) is 10.9 Å². The van der Waals surface area contributed by atoms with Crippen molar-refractivity contribution in [1.82, 2.24) is 19.7 Å². The van der Waals surface area contributed by atoms with E-state index in [9.17, 15) is 14.7 Å². The molecule has 4 saturated carbocycles. The molecule has 0 spiro atoms. The highest BCUT2D eigenvalue weighted by Gasteiger charge is 2.48. The first-order valence-electron chi connectivity index (χ1n) is 16.7. The Kier molecular flexibility index (Phi) is 6.88. The quantitative estimate of drug-likeness (QED) is 0.194. The maximum atomic E-state index is 13.5. The van der Waals surface area contributed by atoms with E-state index in [-0.39, 0.29) is 11.6 Å². The number of carboxylic acids is 1. The molecule has 1 aliphatic heterocycles. The average Bonchev–Trinajstić information content (AvgIpc) is 3.72. The molecule has 4 aliphatic carbocycles. The van der Waals surface area contributed by atoms with Gasteiger partial charge in [0, 0.05) is 42.5 Å². The fraction of sp³-hybridized carbons (Fsp3) is 0.378. The number of nitrogens with zero attached hydrogens (tertiary/aromatic N) is 5. The van der Waals surface area contributed by atoms with Crippen molar-refractivity contribution in [2.24, 2.45) is 29.6 Å². The molecule has 4 fully saturated rings. The Labute approximate surface area is 276 Å². The molecular formula is C37H36N6O3S. The van der Waals surface area contributed by atoms with Crippen molar-refractivity contribution in [1.29, 1.82) is 0 Å². The summed E-state index contributed by atoms with van der Waals surface area (Å²) in [5.74, 6) is 3.47. The largest absolute Gasteiger partial charge is 0.476 e. The number of fused-ring (bicyclic) bond motifs is 2. The number of para-hydroxylation sites is 1. The van der Waals surface area contributed by atoms with E-state index >= 15 is 0 Å². The van der Waals surface area contributed by atoms with Crippen LogP contribution in [0.15, 0.2) is 67.0 Å². The maximum Gasteiger partial charge on any atom is 0.355 e. The Balaban J connectivity index is 0.944. The second kappa shape index (κ2) is 11.3. The first kappa shape index (κ1) is 28.6. The van der Waals surface area contributed by atoms with Gasteiger partial charge in [-0.1, -0.05) is 35.6 Å². The number of carbonyl (C=O) groups is 2. The van der Waals surface area contributed by atoms with E-state index in [2.05, 4.69) is 26.3 Å². The molecule has 5 aromatic rings. The number of hydrogen-bond donors (Lipinski definition) is 2. The first-order chi connectivity index (χ1) is 22.9. The van der Waals surface area contributed by atoms with E-state index in [1.165, 1.54) is 43.4 Å². The van der Waals surface area contributed by atoms with Crippen LogP contribution in [0, 0.1) is 29.6 Å². The summed E-state index contributed by atoms with van der Waals surface area (Å²) in [6, 6.07) is 17.4. The van der Waals surface area contributed by atoms with Crippen molar-refractivity contribution in [2.75, 3.05) is 16.8 Å². The van der Waals surface area contributed by atoms with Gasteiger partial charge in [0.1, 0.15) is 5.82 Å². The Morgan fingerprint density at radius 3 is 2.53 bits per heavy atom. The molecule has 4 bridgehead atoms. The predicted molar refractivity (Wildman–Crippen MR) is 182 cm³/mol. The minimum atomic E-state index is -1.07. The van der Waals surface area contributed by atoms with E-state index in [1.54, 1.807) is 6.20 Å². The van der Waals surface area contributed by atoms with Gasteiger partial charge in [0.2, 0.25) is 0 Å². The minimum Gasteiger partial charge on any atom is -0.476 e. The van der Waals surface area contributed by atoms with Crippen LogP contribution in [0.25, 0.3) is 21.3 Å². The summed E-state index contributed by atoms with van der Waals surface area (Å²) in [6.45, 7) is 2.03. The number of aromatic nitrogens is 4. The summed E-state index contributed by atoms with van der Waals surface area (Å²) in [5, 5.41) is 18.5. The summed E-state index contributed by atoms with van der Waals surface area (Å²) in [7, 11) is 0. The van der Waals surface area contributed by atoms with Gasteiger partial charge in [-0.2, -0.15) is 5.10 Å². The van der Waals surface area contributed by atoms with Gasteiger partial charge in [-0.05, 0) is 110 Å². The Morgan fingerprint density at radius 1 is 0.936 bits per heavy atom. The molecule has 0 atom stereocenters. The van der Waals surface area contributed by atoms with Gasteiger partial charge < -0.3 is 10.0 Å². The lowest BCUT2D eigenvalue weighted by Gasteiger charge is -2.54. The number of amides is 1. The van der Waals surface area contributed by atoms with Gasteiger partial charge in [-0.25, -0.2) is 14.8 Å². The molecule has 2 N–H and O–H groups in total. The zero-order chi connectivity index (χ0) is 31.6. The number of carboxylic acid groups (broad SMARTS) is 1. The highest BCUT2D eigenvalue weighted by atomic mass is 32.1. The van der Waals surface area contributed by atoms with Crippen molar-refractivity contribution in [3.05, 3.63) is 89.4 Å². The molecule has 4 heterocycles. The van der Waals surface area contributed by atoms with Crippen molar-refractivity contribution < 1.29 is 14.7 Å². The minimum absolute atomic E-state index is 0.0179. The van der Waals surface area contributed by atoms with Crippen LogP contribution in [0.3, 0.4) is 0 Å². The van der Waals surface area contributed by atoms with Gasteiger partial charge in [-0.3, -0.25) is 14.8 Å². The molecule has 1 amide bonds. The second-order valence-corrected chi connectivity index (χ2v) is 15.0. The molecule has 0 saturated heterocycles. The number of thiazole rings is 1. The molecule has 47 heavy (non-hydrogen) atoms. The Bertz CT molecular complexity index is 1970. The molecule has 2 aromatic carbocycles. The molecule has 9 nitrogen and oxygen atoms in total. The molecular weight excluding hydrogens is 609 g/mol. The molecule has 0 unspecified atom stereocenters. The number of rotatable bonds is 7. The molecule has 10 rings (SSSR count). The third-order valence-corrected chi connectivity index (χ3v) is 12.2. The smallest absolute Gasteiger partial charge is 0.355 e. The van der Waals surface area contributed by atoms with Crippen LogP contribution in [-0.2, 0) is 19.5 Å². The van der Waals surface area contributed by atoms with Crippen molar-refractivity contribution in [2.45, 2.75) is 51.6 Å². The van der Waals surface area contributed by atoms with E-state index in [0.717, 1.165) is 63.5 Å². The number of benzene rings is 2. The number of carbonyl (C=O) groups excluding carboxylic acids is 1. The van der Waals surface area contributed by atoms with E-state index in [4.69, 9.17) is 5.10 Å². The zero-order valence-corrected chi connectivity index (χ0v) is 26.8. The van der Waals surface area contributed by atoms with Gasteiger partial charge in [-0.15, -0.1) is 0 Å². The Morgan fingerprint density at radius 2 is 1.74 bits per heavy atom. The van der Waals surface area contributed by atoms with Crippen LogP contribution in [0.1, 0.15) is 64.1 Å². The zero-order valence-electron chi connectivity index (χ0n) is 26.0. The van der Waals surface area contributed by atoms with Gasteiger partial charge in [0.25, 0.3) is 5.91 Å². The van der Waals surface area contributed by atoms with E-state index in [0.29, 0.717) is 41.1 Å². The number of nitrogens with one attached hydrogen (secondary N) is 1. The van der Waals surface area contributed by atoms with Gasteiger partial charge in [0.15, 0.2) is 10.8 Å². The summed E-state index contributed by atoms with van der Waals surface area (Å²) >= 11 is 1.45. The average molecular weight is 645 g/mol. The lowest BCUT2D eigenvalue weighted by atomic mass is 9.52. The summed E-state index contributed by atoms with van der Waals surface area (Å²) in [4.78, 5) is 37.3. The van der Waals surface area contributed by atoms with Crippen molar-refractivity contribution in [3.63, 3.8) is 0 Å². The third-order valence-electron chi connectivity index (χ3n) is 11.2. The fourth-order valence-corrected chi connectivity index (χ4v) is 10.1. The molecule has 0 radical (unpaired) electrons. The van der Waals surface area contributed by atoms with Crippen LogP contribution < -0.4 is 10.2 Å². The van der Waals surface area contributed by atoms with E-state index < -0.39 is 5.97 Å². The van der Waals surface area contributed by atoms with Gasteiger partial charge >= 0.3 is 5.97 Å². The first-order valence-corrected chi connectivity index (χ1v) is 17.6. The lowest BCUT2D eigenvalue weighted by Crippen LogP contribution is -2.46. The Hall–Kier alpha value is -4.57. The highest BCUT2D eigenvalue weighted by Crippen LogP contribution is 2.56. The SMILES string of the molecule is O=C(Nc1nc2ccccc2s1)c1cccc2c1CN(c1ccc(-c3cnn(CC4C5CC6CC(C5)CC4C6)c3)c(C(=O)O)n1)CC2. The van der Waals surface area contributed by atoms with E-state index in [1.807, 2.05) is 59.4 Å². The number of pyridine rings is 1. The van der Waals surface area contributed by atoms with Crippen LogP contribution in [-0.4, -0.2) is 43.3 Å².